The van der Waals surface area contributed by atoms with Gasteiger partial charge in [0.25, 0.3) is 10.0 Å². The summed E-state index contributed by atoms with van der Waals surface area (Å²) in [5, 5.41) is 0. The van der Waals surface area contributed by atoms with Crippen LogP contribution >= 0.6 is 11.3 Å². The number of primary amides is 1. The molecule has 1 amide bonds. The van der Waals surface area contributed by atoms with Crippen molar-refractivity contribution in [2.45, 2.75) is 50.2 Å². The highest BCUT2D eigenvalue weighted by Crippen LogP contribution is 2.41. The maximum Gasteiger partial charge on any atom is 0.264 e. The monoisotopic (exact) mass is 676 g/mol. The van der Waals surface area contributed by atoms with Crippen molar-refractivity contribution < 1.29 is 17.9 Å². The van der Waals surface area contributed by atoms with E-state index in [0.717, 1.165) is 67.4 Å². The molecule has 6 heterocycles. The predicted octanol–water partition coefficient (Wildman–Crippen LogP) is 3.07. The second kappa shape index (κ2) is 12.4. The Balaban J connectivity index is 1.22. The highest BCUT2D eigenvalue weighted by molar-refractivity contribution is 7.89. The number of fused-ring (bicyclic) bond motifs is 2. The molecule has 47 heavy (non-hydrogen) atoms. The summed E-state index contributed by atoms with van der Waals surface area (Å²) in [5.74, 6) is 1.04. The number of aromatic nitrogens is 2. The fourth-order valence-electron chi connectivity index (χ4n) is 6.75. The van der Waals surface area contributed by atoms with Crippen molar-refractivity contribution in [1.29, 1.82) is 0 Å². The summed E-state index contributed by atoms with van der Waals surface area (Å²) in [6.07, 6.45) is 4.16. The fraction of sp³-hybridized carbons (Fsp3) is 0.455. The highest BCUT2D eigenvalue weighted by atomic mass is 32.2. The summed E-state index contributed by atoms with van der Waals surface area (Å²) in [4.78, 5) is 35.2. The topological polar surface area (TPSA) is 138 Å². The zero-order chi connectivity index (χ0) is 32.9. The van der Waals surface area contributed by atoms with Crippen molar-refractivity contribution in [2.24, 2.45) is 10.7 Å². The van der Waals surface area contributed by atoms with Gasteiger partial charge in [-0.2, -0.15) is 0 Å². The van der Waals surface area contributed by atoms with E-state index < -0.39 is 21.6 Å². The number of nitrogens with two attached hydrogens (primary N) is 1. The van der Waals surface area contributed by atoms with Crippen LogP contribution in [0.3, 0.4) is 0 Å². The van der Waals surface area contributed by atoms with E-state index in [2.05, 4.69) is 20.8 Å². The van der Waals surface area contributed by atoms with Crippen molar-refractivity contribution in [3.05, 3.63) is 64.4 Å². The normalized spacial score (nSPS) is 21.4. The third-order valence-corrected chi connectivity index (χ3v) is 12.6. The first-order chi connectivity index (χ1) is 22.5. The average Bonchev–Trinajstić information content (AvgIpc) is 3.65. The molecule has 1 atom stereocenters. The van der Waals surface area contributed by atoms with Crippen LogP contribution in [-0.2, 0) is 26.1 Å². The number of hydrogen-bond donors (Lipinski definition) is 1. The van der Waals surface area contributed by atoms with Gasteiger partial charge in [0.2, 0.25) is 5.91 Å². The van der Waals surface area contributed by atoms with Gasteiger partial charge < -0.3 is 15.4 Å². The smallest absolute Gasteiger partial charge is 0.264 e. The molecule has 248 valence electrons. The van der Waals surface area contributed by atoms with Crippen LogP contribution in [0, 0.1) is 0 Å². The molecule has 3 aromatic rings. The number of allylic oxidation sites excluding steroid dienone is 1. The van der Waals surface area contributed by atoms with E-state index in [1.807, 2.05) is 32.9 Å². The summed E-state index contributed by atoms with van der Waals surface area (Å²) in [6.45, 7) is 12.2. The van der Waals surface area contributed by atoms with Gasteiger partial charge >= 0.3 is 0 Å². The number of aliphatic imine (C=N–C) groups is 1. The molecule has 0 spiro atoms. The maximum absolute atomic E-state index is 13.8. The standard InChI is InChI=1S/C33H40N8O4S2/c1-22-19-25-27(41(22)47(43,44)24-7-5-4-6-8-24)9-10-35-28(25)30-36-26-20-23(46-29(26)31(37-30)39-15-17-45-18-16-39)21-38-11-13-40(14-12-38)33(2,3)32(34)42/h4-8,10,19-20,27H,9,11-18,21H2,1-3H3,(H2,34,42). The van der Waals surface area contributed by atoms with Crippen molar-refractivity contribution in [1.82, 2.24) is 24.1 Å². The first kappa shape index (κ1) is 31.9. The van der Waals surface area contributed by atoms with Crippen molar-refractivity contribution >= 4 is 55.2 Å². The minimum absolute atomic E-state index is 0.258. The fourth-order valence-corrected chi connectivity index (χ4v) is 9.60. The first-order valence-corrected chi connectivity index (χ1v) is 18.2. The number of thiophene rings is 1. The van der Waals surface area contributed by atoms with Crippen LogP contribution < -0.4 is 10.6 Å². The molecule has 14 heteroatoms. The molecule has 1 aromatic carbocycles. The number of rotatable bonds is 8. The Bertz CT molecular complexity index is 1890. The van der Waals surface area contributed by atoms with Gasteiger partial charge in [0.15, 0.2) is 11.6 Å². The summed E-state index contributed by atoms with van der Waals surface area (Å²) >= 11 is 1.71. The van der Waals surface area contributed by atoms with Crippen molar-refractivity contribution in [3.63, 3.8) is 0 Å². The Labute approximate surface area is 279 Å². The molecule has 1 unspecified atom stereocenters. The average molecular weight is 677 g/mol. The molecule has 2 fully saturated rings. The SMILES string of the molecule is CC1=CC2=C(c3nc(N4CCOCC4)c4sc(CN5CCN(C(C)(C)C(N)=O)CC5)cc4n3)N=CCC2N1S(=O)(=O)c1ccccc1. The summed E-state index contributed by atoms with van der Waals surface area (Å²) < 4.78 is 35.8. The Kier molecular flexibility index (Phi) is 8.41. The molecule has 4 aliphatic rings. The molecule has 0 saturated carbocycles. The number of nitrogens with zero attached hydrogens (tertiary/aromatic N) is 7. The van der Waals surface area contributed by atoms with E-state index in [9.17, 15) is 13.2 Å². The van der Waals surface area contributed by atoms with E-state index in [-0.39, 0.29) is 10.8 Å². The Morgan fingerprint density at radius 3 is 2.49 bits per heavy atom. The molecule has 0 radical (unpaired) electrons. The Morgan fingerprint density at radius 1 is 1.06 bits per heavy atom. The third-order valence-electron chi connectivity index (χ3n) is 9.55. The van der Waals surface area contributed by atoms with E-state index in [0.29, 0.717) is 36.9 Å². The Hall–Kier alpha value is -3.69. The molecular formula is C33H40N8O4S2. The number of sulfonamides is 1. The number of carbonyl (C=O) groups excluding carboxylic acids is 1. The molecule has 7 rings (SSSR count). The number of piperazine rings is 1. The number of anilines is 1. The molecule has 4 aliphatic heterocycles. The van der Waals surface area contributed by atoms with Crippen LogP contribution in [0.15, 0.2) is 63.6 Å². The predicted molar refractivity (Wildman–Crippen MR) is 184 cm³/mol. The number of ether oxygens (including phenoxy) is 1. The van der Waals surface area contributed by atoms with Gasteiger partial charge in [0.1, 0.15) is 5.70 Å². The zero-order valence-corrected chi connectivity index (χ0v) is 28.6. The first-order valence-electron chi connectivity index (χ1n) is 16.0. The molecule has 2 saturated heterocycles. The van der Waals surface area contributed by atoms with Crippen LogP contribution in [-0.4, -0.2) is 109 Å². The molecule has 2 N–H and O–H groups in total. The lowest BCUT2D eigenvalue weighted by atomic mass is 10.0. The third kappa shape index (κ3) is 5.86. The lowest BCUT2D eigenvalue weighted by molar-refractivity contribution is -0.129. The second-order valence-corrected chi connectivity index (χ2v) is 15.8. The molecule has 12 nitrogen and oxygen atoms in total. The lowest BCUT2D eigenvalue weighted by Crippen LogP contribution is -2.59. The van der Waals surface area contributed by atoms with Gasteiger partial charge in [-0.15, -0.1) is 11.3 Å². The largest absolute Gasteiger partial charge is 0.378 e. The number of morpholine rings is 1. The molecule has 0 aliphatic carbocycles. The number of benzene rings is 1. The summed E-state index contributed by atoms with van der Waals surface area (Å²) in [5.41, 5.74) is 7.90. The highest BCUT2D eigenvalue weighted by Gasteiger charge is 2.40. The maximum atomic E-state index is 13.8. The van der Waals surface area contributed by atoms with Crippen LogP contribution in [0.25, 0.3) is 15.9 Å². The van der Waals surface area contributed by atoms with Crippen LogP contribution in [0.4, 0.5) is 5.82 Å². The minimum Gasteiger partial charge on any atom is -0.378 e. The van der Waals surface area contributed by atoms with Gasteiger partial charge in [-0.3, -0.25) is 23.9 Å². The second-order valence-electron chi connectivity index (χ2n) is 12.9. The van der Waals surface area contributed by atoms with Gasteiger partial charge in [-0.25, -0.2) is 18.4 Å². The van der Waals surface area contributed by atoms with Gasteiger partial charge in [0.05, 0.1) is 39.9 Å². The molecule has 0 bridgehead atoms. The summed E-state index contributed by atoms with van der Waals surface area (Å²) in [7, 11) is -3.77. The molecule has 2 aromatic heterocycles. The van der Waals surface area contributed by atoms with Crippen LogP contribution in [0.2, 0.25) is 0 Å². The Morgan fingerprint density at radius 2 is 1.79 bits per heavy atom. The lowest BCUT2D eigenvalue weighted by Gasteiger charge is -2.42. The molecular weight excluding hydrogens is 637 g/mol. The number of amides is 1. The zero-order valence-electron chi connectivity index (χ0n) is 26.9. The summed E-state index contributed by atoms with van der Waals surface area (Å²) in [6, 6.07) is 10.3. The van der Waals surface area contributed by atoms with Gasteiger partial charge in [-0.05, 0) is 45.0 Å². The van der Waals surface area contributed by atoms with Crippen molar-refractivity contribution in [2.75, 3.05) is 57.4 Å². The van der Waals surface area contributed by atoms with Crippen LogP contribution in [0.1, 0.15) is 37.9 Å². The van der Waals surface area contributed by atoms with E-state index in [1.54, 1.807) is 41.8 Å². The van der Waals surface area contributed by atoms with Crippen molar-refractivity contribution in [3.8, 4) is 0 Å². The van der Waals surface area contributed by atoms with Gasteiger partial charge in [0, 0.05) is 74.6 Å². The minimum atomic E-state index is -3.77. The van der Waals surface area contributed by atoms with E-state index in [1.165, 1.54) is 9.18 Å². The number of hydrogen-bond acceptors (Lipinski definition) is 11. The van der Waals surface area contributed by atoms with E-state index >= 15 is 0 Å². The quantitative estimate of drug-likeness (QED) is 0.382. The van der Waals surface area contributed by atoms with E-state index in [4.69, 9.17) is 25.4 Å². The van der Waals surface area contributed by atoms with Gasteiger partial charge in [-0.1, -0.05) is 18.2 Å². The number of carbonyl (C=O) groups is 1. The van der Waals surface area contributed by atoms with Crippen LogP contribution in [0.5, 0.6) is 0 Å².